The zero-order valence-corrected chi connectivity index (χ0v) is 15.0. The molecule has 3 aromatic rings. The van der Waals surface area contributed by atoms with Crippen LogP contribution >= 0.6 is 23.1 Å². The Hall–Kier alpha value is -2.32. The largest absolute Gasteiger partial charge is 0.493 e. The minimum Gasteiger partial charge on any atom is -0.493 e. The zero-order valence-electron chi connectivity index (χ0n) is 13.3. The lowest BCUT2D eigenvalue weighted by Gasteiger charge is -2.07. The van der Waals surface area contributed by atoms with Crippen molar-refractivity contribution in [3.8, 4) is 22.9 Å². The van der Waals surface area contributed by atoms with Gasteiger partial charge in [-0.05, 0) is 35.9 Å². The van der Waals surface area contributed by atoms with Gasteiger partial charge in [0.2, 0.25) is 0 Å². The Morgan fingerprint density at radius 1 is 1.21 bits per heavy atom. The molecule has 2 aromatic heterocycles. The summed E-state index contributed by atoms with van der Waals surface area (Å²) in [6.45, 7) is 0. The van der Waals surface area contributed by atoms with E-state index in [2.05, 4.69) is 10.1 Å². The summed E-state index contributed by atoms with van der Waals surface area (Å²) in [5, 5.41) is 6.78. The number of nitrogens with zero attached hydrogens (tertiary/aromatic N) is 3. The molecular weight excluding hydrogens is 346 g/mol. The quantitative estimate of drug-likeness (QED) is 0.649. The number of aromatic nitrogens is 3. The van der Waals surface area contributed by atoms with E-state index < -0.39 is 0 Å². The van der Waals surface area contributed by atoms with Crippen molar-refractivity contribution in [1.82, 2.24) is 14.8 Å². The number of ether oxygens (including phenoxy) is 2. The second-order valence-electron chi connectivity index (χ2n) is 4.69. The van der Waals surface area contributed by atoms with Crippen molar-refractivity contribution in [3.05, 3.63) is 40.6 Å². The molecule has 0 saturated carbocycles. The van der Waals surface area contributed by atoms with E-state index >= 15 is 0 Å². The van der Waals surface area contributed by atoms with Gasteiger partial charge in [0, 0.05) is 5.56 Å². The summed E-state index contributed by atoms with van der Waals surface area (Å²) >= 11 is 2.75. The third-order valence-electron chi connectivity index (χ3n) is 3.33. The summed E-state index contributed by atoms with van der Waals surface area (Å²) in [4.78, 5) is 17.7. The molecule has 6 nitrogen and oxygen atoms in total. The van der Waals surface area contributed by atoms with Gasteiger partial charge in [-0.25, -0.2) is 4.98 Å². The third kappa shape index (κ3) is 3.02. The molecule has 0 spiro atoms. The molecule has 0 saturated heterocycles. The number of carbonyl (C=O) groups excluding carboxylic acids is 1. The van der Waals surface area contributed by atoms with Crippen LogP contribution in [0.4, 0.5) is 0 Å². The number of methoxy groups -OCH3 is 2. The van der Waals surface area contributed by atoms with Crippen LogP contribution in [-0.2, 0) is 0 Å². The topological polar surface area (TPSA) is 66.2 Å². The Bertz CT molecular complexity index is 860. The first-order valence-corrected chi connectivity index (χ1v) is 9.10. The normalized spacial score (nSPS) is 10.6. The van der Waals surface area contributed by atoms with E-state index in [1.165, 1.54) is 27.8 Å². The van der Waals surface area contributed by atoms with Gasteiger partial charge in [-0.2, -0.15) is 4.68 Å². The number of thiophene rings is 1. The SMILES string of the molecule is COc1ccc(-c2nc(SC)n(C(=O)c3cccs3)n2)cc1OC. The van der Waals surface area contributed by atoms with E-state index in [0.29, 0.717) is 27.4 Å². The summed E-state index contributed by atoms with van der Waals surface area (Å²) in [5.41, 5.74) is 0.751. The smallest absolute Gasteiger partial charge is 0.290 e. The van der Waals surface area contributed by atoms with Crippen LogP contribution in [0.15, 0.2) is 40.9 Å². The van der Waals surface area contributed by atoms with Crippen LogP contribution in [0.5, 0.6) is 11.5 Å². The van der Waals surface area contributed by atoms with Crippen molar-refractivity contribution in [2.24, 2.45) is 0 Å². The number of thioether (sulfide) groups is 1. The molecule has 0 aliphatic rings. The summed E-state index contributed by atoms with van der Waals surface area (Å²) in [6.07, 6.45) is 1.86. The molecule has 124 valence electrons. The first-order valence-electron chi connectivity index (χ1n) is 6.99. The van der Waals surface area contributed by atoms with Crippen LogP contribution in [0, 0.1) is 0 Å². The van der Waals surface area contributed by atoms with E-state index in [-0.39, 0.29) is 5.91 Å². The van der Waals surface area contributed by atoms with Crippen LogP contribution in [0.2, 0.25) is 0 Å². The van der Waals surface area contributed by atoms with Crippen molar-refractivity contribution in [2.45, 2.75) is 5.16 Å². The second kappa shape index (κ2) is 7.06. The third-order valence-corrected chi connectivity index (χ3v) is 4.81. The van der Waals surface area contributed by atoms with Crippen LogP contribution < -0.4 is 9.47 Å². The molecule has 0 aliphatic heterocycles. The summed E-state index contributed by atoms with van der Waals surface area (Å²) in [5.74, 6) is 1.49. The van der Waals surface area contributed by atoms with Gasteiger partial charge in [-0.15, -0.1) is 16.4 Å². The van der Waals surface area contributed by atoms with Gasteiger partial charge in [-0.3, -0.25) is 4.79 Å². The number of hydrogen-bond acceptors (Lipinski definition) is 7. The highest BCUT2D eigenvalue weighted by molar-refractivity contribution is 7.98. The first kappa shape index (κ1) is 16.5. The summed E-state index contributed by atoms with van der Waals surface area (Å²) in [7, 11) is 3.15. The van der Waals surface area contributed by atoms with Crippen molar-refractivity contribution in [3.63, 3.8) is 0 Å². The van der Waals surface area contributed by atoms with Crippen molar-refractivity contribution in [2.75, 3.05) is 20.5 Å². The highest BCUT2D eigenvalue weighted by Crippen LogP contribution is 2.32. The van der Waals surface area contributed by atoms with Crippen molar-refractivity contribution < 1.29 is 14.3 Å². The monoisotopic (exact) mass is 361 g/mol. The maximum absolute atomic E-state index is 12.6. The summed E-state index contributed by atoms with van der Waals surface area (Å²) in [6, 6.07) is 9.02. The van der Waals surface area contributed by atoms with E-state index in [4.69, 9.17) is 9.47 Å². The number of benzene rings is 1. The molecule has 3 rings (SSSR count). The van der Waals surface area contributed by atoms with Crippen LogP contribution in [0.1, 0.15) is 9.67 Å². The van der Waals surface area contributed by atoms with E-state index in [0.717, 1.165) is 5.56 Å². The first-order chi connectivity index (χ1) is 11.7. The van der Waals surface area contributed by atoms with Gasteiger partial charge >= 0.3 is 0 Å². The molecule has 0 unspecified atom stereocenters. The van der Waals surface area contributed by atoms with Gasteiger partial charge in [0.25, 0.3) is 5.91 Å². The second-order valence-corrected chi connectivity index (χ2v) is 6.41. The van der Waals surface area contributed by atoms with Gasteiger partial charge in [0.05, 0.1) is 19.1 Å². The minimum atomic E-state index is -0.187. The van der Waals surface area contributed by atoms with Gasteiger partial charge in [0.1, 0.15) is 0 Å². The molecule has 0 radical (unpaired) electrons. The Balaban J connectivity index is 2.03. The van der Waals surface area contributed by atoms with Crippen LogP contribution in [0.3, 0.4) is 0 Å². The zero-order chi connectivity index (χ0) is 17.1. The van der Waals surface area contributed by atoms with Gasteiger partial charge in [0.15, 0.2) is 22.5 Å². The highest BCUT2D eigenvalue weighted by atomic mass is 32.2. The molecule has 1 aromatic carbocycles. The minimum absolute atomic E-state index is 0.187. The molecule has 24 heavy (non-hydrogen) atoms. The fourth-order valence-electron chi connectivity index (χ4n) is 2.16. The molecule has 0 aliphatic carbocycles. The van der Waals surface area contributed by atoms with Crippen LogP contribution in [-0.4, -0.2) is 41.1 Å². The molecule has 0 bridgehead atoms. The average Bonchev–Trinajstić information content (AvgIpc) is 3.30. The average molecular weight is 361 g/mol. The Morgan fingerprint density at radius 3 is 2.62 bits per heavy atom. The lowest BCUT2D eigenvalue weighted by molar-refractivity contribution is 0.0938. The lowest BCUT2D eigenvalue weighted by Crippen LogP contribution is -2.13. The molecule has 0 fully saturated rings. The summed E-state index contributed by atoms with van der Waals surface area (Å²) < 4.78 is 11.9. The molecular formula is C16H15N3O3S2. The fourth-order valence-corrected chi connectivity index (χ4v) is 3.29. The Labute approximate surface area is 147 Å². The maximum atomic E-state index is 12.6. The molecule has 0 atom stereocenters. The molecule has 2 heterocycles. The predicted molar refractivity (Wildman–Crippen MR) is 94.4 cm³/mol. The fraction of sp³-hybridized carbons (Fsp3) is 0.188. The van der Waals surface area contributed by atoms with Crippen molar-refractivity contribution in [1.29, 1.82) is 0 Å². The van der Waals surface area contributed by atoms with Crippen molar-refractivity contribution >= 4 is 29.0 Å². The standard InChI is InChI=1S/C16H15N3O3S2/c1-21-11-7-6-10(9-12(11)22-2)14-17-16(23-3)19(18-14)15(20)13-5-4-8-24-13/h4-9H,1-3H3. The predicted octanol–water partition coefficient (Wildman–Crippen LogP) is 3.43. The molecule has 0 N–H and O–H groups in total. The van der Waals surface area contributed by atoms with E-state index in [1.807, 2.05) is 23.8 Å². The van der Waals surface area contributed by atoms with E-state index in [9.17, 15) is 4.79 Å². The molecule has 8 heteroatoms. The Kier molecular flexibility index (Phi) is 4.86. The van der Waals surface area contributed by atoms with Gasteiger partial charge < -0.3 is 9.47 Å². The molecule has 0 amide bonds. The number of hydrogen-bond donors (Lipinski definition) is 0. The lowest BCUT2D eigenvalue weighted by atomic mass is 10.2. The highest BCUT2D eigenvalue weighted by Gasteiger charge is 2.19. The van der Waals surface area contributed by atoms with Gasteiger partial charge in [-0.1, -0.05) is 17.8 Å². The van der Waals surface area contributed by atoms with Crippen LogP contribution in [0.25, 0.3) is 11.4 Å². The number of rotatable bonds is 5. The van der Waals surface area contributed by atoms with E-state index in [1.54, 1.807) is 32.4 Å². The Morgan fingerprint density at radius 2 is 2.00 bits per heavy atom. The maximum Gasteiger partial charge on any atom is 0.290 e. The number of carbonyl (C=O) groups is 1.